The molecule has 7 rings (SSSR count). The molecule has 0 bridgehead atoms. The molecule has 1 aromatic carbocycles. The minimum absolute atomic E-state index is 0.0165. The van der Waals surface area contributed by atoms with Crippen LogP contribution in [0.2, 0.25) is 0 Å². The van der Waals surface area contributed by atoms with Crippen LogP contribution in [0.1, 0.15) is 66.1 Å². The normalized spacial score (nSPS) is 19.9. The number of rotatable bonds is 7. The highest BCUT2D eigenvalue weighted by molar-refractivity contribution is 7.17. The molecule has 5 aromatic rings. The lowest BCUT2D eigenvalue weighted by atomic mass is 9.85. The van der Waals surface area contributed by atoms with E-state index in [1.807, 2.05) is 13.0 Å². The number of ether oxygens (including phenoxy) is 1. The Hall–Kier alpha value is -4.09. The third-order valence-corrected chi connectivity index (χ3v) is 9.75. The first-order valence-corrected chi connectivity index (χ1v) is 15.1. The molecule has 0 saturated heterocycles. The average Bonchev–Trinajstić information content (AvgIpc) is 3.61. The molecule has 1 aliphatic heterocycles. The van der Waals surface area contributed by atoms with Crippen LogP contribution in [0.3, 0.4) is 0 Å². The fraction of sp³-hybridized carbons (Fsp3) is 0.387. The monoisotopic (exact) mass is 584 g/mol. The molecule has 42 heavy (non-hydrogen) atoms. The van der Waals surface area contributed by atoms with Crippen molar-refractivity contribution in [1.29, 1.82) is 0 Å². The topological polar surface area (TPSA) is 126 Å². The summed E-state index contributed by atoms with van der Waals surface area (Å²) in [5.41, 5.74) is 5.87. The summed E-state index contributed by atoms with van der Waals surface area (Å²) in [6, 6.07) is 9.69. The molecule has 216 valence electrons. The van der Waals surface area contributed by atoms with Gasteiger partial charge in [-0.15, -0.1) is 16.4 Å². The summed E-state index contributed by atoms with van der Waals surface area (Å²) in [6.45, 7) is 5.45. The van der Waals surface area contributed by atoms with Crippen molar-refractivity contribution >= 4 is 38.6 Å². The smallest absolute Gasteiger partial charge is 0.304 e. The molecule has 2 N–H and O–H groups in total. The maximum Gasteiger partial charge on any atom is 0.304 e. The Morgan fingerprint density at radius 1 is 1.24 bits per heavy atom. The number of benzene rings is 1. The fourth-order valence-electron chi connectivity index (χ4n) is 6.28. The zero-order chi connectivity index (χ0) is 29.1. The van der Waals surface area contributed by atoms with Gasteiger partial charge in [0.05, 0.1) is 12.5 Å². The molecule has 5 heterocycles. The predicted octanol–water partition coefficient (Wildman–Crippen LogP) is 5.33. The molecule has 1 saturated carbocycles. The van der Waals surface area contributed by atoms with Crippen LogP contribution < -0.4 is 4.74 Å². The molecule has 11 heteroatoms. The first-order valence-electron chi connectivity index (χ1n) is 14.2. The lowest BCUT2D eigenvalue weighted by molar-refractivity contribution is -0.137. The van der Waals surface area contributed by atoms with E-state index < -0.39 is 11.9 Å². The van der Waals surface area contributed by atoms with Crippen LogP contribution in [0.15, 0.2) is 41.9 Å². The Kier molecular flexibility index (Phi) is 6.58. The molecule has 0 spiro atoms. The highest BCUT2D eigenvalue weighted by Crippen LogP contribution is 2.42. The van der Waals surface area contributed by atoms with Gasteiger partial charge in [0, 0.05) is 43.0 Å². The summed E-state index contributed by atoms with van der Waals surface area (Å²) in [6.07, 6.45) is 4.06. The molecule has 4 aromatic heterocycles. The number of nitrogens with zero attached hydrogens (tertiary/aromatic N) is 6. The zero-order valence-electron chi connectivity index (χ0n) is 23.7. The standard InChI is InChI=1S/C31H32N6O4S/c1-16-23(13-32-31-28(16)34-35-36(31)3)22(12-27(39)40)20-10-19-8-9-42-30(19)21(11-20)14-37-15-25(18-4-5-18)41-24-6-7-26(38)33-29(24)17(37)2/h6-11,13,17-18,22,25H,4-5,12,14-15H2,1-3H3,(H,33,38)(H,39,40)/t17-,22+,25-/m0/s1. The Morgan fingerprint density at radius 3 is 2.86 bits per heavy atom. The van der Waals surface area contributed by atoms with Crippen molar-refractivity contribution in [2.24, 2.45) is 13.0 Å². The Labute approximate surface area is 246 Å². The van der Waals surface area contributed by atoms with Crippen LogP contribution in [0, 0.1) is 12.8 Å². The second kappa shape index (κ2) is 10.3. The van der Waals surface area contributed by atoms with E-state index in [9.17, 15) is 15.0 Å². The summed E-state index contributed by atoms with van der Waals surface area (Å²) in [5.74, 6) is -0.0543. The van der Waals surface area contributed by atoms with E-state index in [0.29, 0.717) is 23.6 Å². The van der Waals surface area contributed by atoms with E-state index in [-0.39, 0.29) is 24.4 Å². The Bertz CT molecular complexity index is 1830. The number of hydrogen-bond acceptors (Lipinski definition) is 9. The second-order valence-corrected chi connectivity index (χ2v) is 12.5. The fourth-order valence-corrected chi connectivity index (χ4v) is 7.17. The Morgan fingerprint density at radius 2 is 2.07 bits per heavy atom. The van der Waals surface area contributed by atoms with Crippen LogP contribution in [0.25, 0.3) is 21.3 Å². The van der Waals surface area contributed by atoms with Gasteiger partial charge in [0.2, 0.25) is 5.88 Å². The van der Waals surface area contributed by atoms with E-state index in [0.717, 1.165) is 58.5 Å². The summed E-state index contributed by atoms with van der Waals surface area (Å²) in [4.78, 5) is 23.6. The molecular formula is C31H32N6O4S. The van der Waals surface area contributed by atoms with Gasteiger partial charge >= 0.3 is 5.97 Å². The minimum Gasteiger partial charge on any atom is -0.493 e. The second-order valence-electron chi connectivity index (χ2n) is 11.5. The lowest BCUT2D eigenvalue weighted by Gasteiger charge is -2.29. The molecule has 1 fully saturated rings. The number of fused-ring (bicyclic) bond motifs is 3. The number of aromatic hydroxyl groups is 1. The van der Waals surface area contributed by atoms with Crippen molar-refractivity contribution in [3.63, 3.8) is 0 Å². The van der Waals surface area contributed by atoms with Crippen molar-refractivity contribution in [1.82, 2.24) is 29.9 Å². The van der Waals surface area contributed by atoms with Gasteiger partial charge in [0.1, 0.15) is 23.1 Å². The summed E-state index contributed by atoms with van der Waals surface area (Å²) in [5, 5.41) is 31.8. The molecule has 1 aliphatic carbocycles. The number of hydrogen-bond donors (Lipinski definition) is 2. The number of pyridine rings is 2. The molecule has 2 aliphatic rings. The van der Waals surface area contributed by atoms with Crippen molar-refractivity contribution in [3.05, 3.63) is 69.9 Å². The van der Waals surface area contributed by atoms with Gasteiger partial charge in [-0.3, -0.25) is 9.69 Å². The highest BCUT2D eigenvalue weighted by atomic mass is 32.1. The van der Waals surface area contributed by atoms with E-state index >= 15 is 0 Å². The van der Waals surface area contributed by atoms with E-state index in [1.54, 1.807) is 35.3 Å². The summed E-state index contributed by atoms with van der Waals surface area (Å²) < 4.78 is 9.27. The number of aliphatic carboxylic acids is 1. The van der Waals surface area contributed by atoms with Gasteiger partial charge in [-0.2, -0.15) is 0 Å². The average molecular weight is 585 g/mol. The third-order valence-electron chi connectivity index (χ3n) is 8.75. The molecule has 3 atom stereocenters. The molecular weight excluding hydrogens is 552 g/mol. The zero-order valence-corrected chi connectivity index (χ0v) is 24.5. The van der Waals surface area contributed by atoms with Gasteiger partial charge < -0.3 is 14.9 Å². The van der Waals surface area contributed by atoms with Crippen LogP contribution in [-0.4, -0.2) is 58.7 Å². The summed E-state index contributed by atoms with van der Waals surface area (Å²) in [7, 11) is 1.80. The molecule has 0 unspecified atom stereocenters. The maximum atomic E-state index is 12.2. The van der Waals surface area contributed by atoms with E-state index in [4.69, 9.17) is 4.74 Å². The van der Waals surface area contributed by atoms with E-state index in [2.05, 4.69) is 55.7 Å². The highest BCUT2D eigenvalue weighted by Gasteiger charge is 2.39. The van der Waals surface area contributed by atoms with E-state index in [1.165, 1.54) is 4.70 Å². The number of carboxylic acid groups (broad SMARTS) is 1. The number of thiophene rings is 1. The van der Waals surface area contributed by atoms with Crippen molar-refractivity contribution in [2.45, 2.75) is 57.7 Å². The van der Waals surface area contributed by atoms with Crippen LogP contribution in [-0.2, 0) is 18.4 Å². The SMILES string of the molecule is Cc1c([C@H](CC(=O)O)c2cc(CN3C[C@@H](C4CC4)Oc4ccc(O)nc4[C@@H]3C)c3sccc3c2)cnc2c1nnn2C. The van der Waals surface area contributed by atoms with Gasteiger partial charge in [-0.1, -0.05) is 11.3 Å². The third kappa shape index (κ3) is 4.76. The first-order chi connectivity index (χ1) is 20.3. The summed E-state index contributed by atoms with van der Waals surface area (Å²) >= 11 is 1.69. The quantitative estimate of drug-likeness (QED) is 0.261. The molecule has 0 amide bonds. The number of carboxylic acids is 1. The van der Waals surface area contributed by atoms with Gasteiger partial charge in [0.15, 0.2) is 5.65 Å². The largest absolute Gasteiger partial charge is 0.493 e. The molecule has 0 radical (unpaired) electrons. The first kappa shape index (κ1) is 26.8. The number of carbonyl (C=O) groups is 1. The Balaban J connectivity index is 1.31. The van der Waals surface area contributed by atoms with Crippen molar-refractivity contribution in [2.75, 3.05) is 6.54 Å². The minimum atomic E-state index is -0.876. The van der Waals surface area contributed by atoms with Crippen LogP contribution in [0.4, 0.5) is 0 Å². The van der Waals surface area contributed by atoms with Gasteiger partial charge in [-0.05, 0) is 83.8 Å². The van der Waals surface area contributed by atoms with Crippen molar-refractivity contribution < 1.29 is 19.7 Å². The number of aryl methyl sites for hydroxylation is 2. The number of aromatic nitrogens is 5. The predicted molar refractivity (Wildman–Crippen MR) is 159 cm³/mol. The van der Waals surface area contributed by atoms with Crippen LogP contribution in [0.5, 0.6) is 11.6 Å². The van der Waals surface area contributed by atoms with Gasteiger partial charge in [-0.25, -0.2) is 14.6 Å². The van der Waals surface area contributed by atoms with Gasteiger partial charge in [0.25, 0.3) is 0 Å². The van der Waals surface area contributed by atoms with Crippen molar-refractivity contribution in [3.8, 4) is 11.6 Å². The molecule has 10 nitrogen and oxygen atoms in total. The maximum absolute atomic E-state index is 12.2. The van der Waals surface area contributed by atoms with Crippen LogP contribution >= 0.6 is 11.3 Å². The lowest BCUT2D eigenvalue weighted by Crippen LogP contribution is -2.35.